The number of esters is 1. The fraction of sp³-hybridized carbons (Fsp3) is 0.261. The minimum atomic E-state index is -0.485. The van der Waals surface area contributed by atoms with Crippen LogP contribution in [-0.4, -0.2) is 46.8 Å². The molecule has 8 heteroatoms. The average molecular weight is 484 g/mol. The number of ether oxygens (including phenoxy) is 2. The van der Waals surface area contributed by atoms with E-state index in [1.807, 2.05) is 42.5 Å². The van der Waals surface area contributed by atoms with Gasteiger partial charge in [-0.25, -0.2) is 9.48 Å². The average Bonchev–Trinajstić information content (AvgIpc) is 3.18. The van der Waals surface area contributed by atoms with Gasteiger partial charge in [0.15, 0.2) is 5.69 Å². The van der Waals surface area contributed by atoms with E-state index in [1.165, 1.54) is 0 Å². The molecule has 31 heavy (non-hydrogen) atoms. The smallest absolute Gasteiger partial charge is 0.359 e. The van der Waals surface area contributed by atoms with Crippen LogP contribution in [0, 0.1) is 0 Å². The van der Waals surface area contributed by atoms with Crippen molar-refractivity contribution in [2.24, 2.45) is 0 Å². The number of rotatable bonds is 5. The Balaban J connectivity index is 1.72. The van der Waals surface area contributed by atoms with E-state index in [2.05, 4.69) is 21.0 Å². The highest BCUT2D eigenvalue weighted by Crippen LogP contribution is 2.28. The highest BCUT2D eigenvalue weighted by Gasteiger charge is 2.32. The van der Waals surface area contributed by atoms with Gasteiger partial charge in [-0.2, -0.15) is 5.10 Å². The van der Waals surface area contributed by atoms with Crippen LogP contribution in [-0.2, 0) is 17.7 Å². The van der Waals surface area contributed by atoms with Gasteiger partial charge in [-0.05, 0) is 59.3 Å². The molecule has 2 heterocycles. The van der Waals surface area contributed by atoms with Crippen LogP contribution in [0.4, 0.5) is 0 Å². The van der Waals surface area contributed by atoms with Crippen molar-refractivity contribution < 1.29 is 19.1 Å². The summed E-state index contributed by atoms with van der Waals surface area (Å²) in [6, 6.07) is 14.8. The van der Waals surface area contributed by atoms with Gasteiger partial charge in [-0.3, -0.25) is 4.79 Å². The number of aromatic nitrogens is 2. The Morgan fingerprint density at radius 3 is 2.55 bits per heavy atom. The van der Waals surface area contributed by atoms with Crippen molar-refractivity contribution in [2.75, 3.05) is 20.3 Å². The maximum absolute atomic E-state index is 13.1. The third-order valence-corrected chi connectivity index (χ3v) is 5.93. The molecule has 0 saturated heterocycles. The molecule has 0 aliphatic carbocycles. The Morgan fingerprint density at radius 1 is 1.13 bits per heavy atom. The summed E-state index contributed by atoms with van der Waals surface area (Å²) in [6.07, 6.45) is 0.573. The lowest BCUT2D eigenvalue weighted by Crippen LogP contribution is -2.37. The predicted molar refractivity (Wildman–Crippen MR) is 119 cm³/mol. The molecule has 160 valence electrons. The number of hydrogen-bond donors (Lipinski definition) is 0. The normalized spacial score (nSPS) is 12.9. The third kappa shape index (κ3) is 4.07. The van der Waals surface area contributed by atoms with Crippen molar-refractivity contribution in [3.05, 3.63) is 75.5 Å². The minimum absolute atomic E-state index is 0.0925. The summed E-state index contributed by atoms with van der Waals surface area (Å²) in [4.78, 5) is 27.5. The van der Waals surface area contributed by atoms with Gasteiger partial charge in [0.25, 0.3) is 5.91 Å². The Kier molecular flexibility index (Phi) is 6.08. The van der Waals surface area contributed by atoms with Crippen LogP contribution in [0.3, 0.4) is 0 Å². The van der Waals surface area contributed by atoms with E-state index in [1.54, 1.807) is 29.7 Å². The first-order valence-corrected chi connectivity index (χ1v) is 10.8. The molecular weight excluding hydrogens is 462 g/mol. The molecule has 0 spiro atoms. The first-order valence-electron chi connectivity index (χ1n) is 9.99. The van der Waals surface area contributed by atoms with E-state index < -0.39 is 5.97 Å². The molecule has 0 bridgehead atoms. The van der Waals surface area contributed by atoms with Crippen molar-refractivity contribution in [1.82, 2.24) is 14.7 Å². The molecule has 4 rings (SSSR count). The third-order valence-electron chi connectivity index (χ3n) is 5.23. The number of hydrogen-bond acceptors (Lipinski definition) is 5. The molecule has 0 atom stereocenters. The summed E-state index contributed by atoms with van der Waals surface area (Å²) in [5, 5.41) is 4.57. The SMILES string of the molecule is CCOC(=O)c1nn(-c2ccc(OC)cc2)c2c1CN(C(=O)c1ccccc1Br)CC2. The van der Waals surface area contributed by atoms with Crippen LogP contribution < -0.4 is 4.74 Å². The van der Waals surface area contributed by atoms with Gasteiger partial charge in [0.05, 0.1) is 37.2 Å². The molecule has 0 fully saturated rings. The Morgan fingerprint density at radius 2 is 1.87 bits per heavy atom. The lowest BCUT2D eigenvalue weighted by atomic mass is 10.0. The Hall–Kier alpha value is -3.13. The molecule has 0 saturated carbocycles. The van der Waals surface area contributed by atoms with Gasteiger partial charge in [0.2, 0.25) is 0 Å². The lowest BCUT2D eigenvalue weighted by Gasteiger charge is -2.28. The number of fused-ring (bicyclic) bond motifs is 1. The standard InChI is InChI=1S/C23H22BrN3O4/c1-3-31-23(29)21-18-14-26(22(28)17-6-4-5-7-19(17)24)13-12-20(18)27(25-21)15-8-10-16(30-2)11-9-15/h4-11H,3,12-14H2,1-2H3. The summed E-state index contributed by atoms with van der Waals surface area (Å²) in [7, 11) is 1.61. The minimum Gasteiger partial charge on any atom is -0.497 e. The quantitative estimate of drug-likeness (QED) is 0.512. The molecule has 2 aromatic carbocycles. The summed E-state index contributed by atoms with van der Waals surface area (Å²) in [6.45, 7) is 2.83. The molecule has 1 amide bonds. The second-order valence-corrected chi connectivity index (χ2v) is 7.92. The van der Waals surface area contributed by atoms with Gasteiger partial charge >= 0.3 is 5.97 Å². The highest BCUT2D eigenvalue weighted by atomic mass is 79.9. The maximum Gasteiger partial charge on any atom is 0.359 e. The van der Waals surface area contributed by atoms with Crippen molar-refractivity contribution in [3.63, 3.8) is 0 Å². The number of halogens is 1. The van der Waals surface area contributed by atoms with E-state index in [9.17, 15) is 9.59 Å². The molecule has 1 aliphatic heterocycles. The van der Waals surface area contributed by atoms with Gasteiger partial charge < -0.3 is 14.4 Å². The van der Waals surface area contributed by atoms with Crippen LogP contribution in [0.1, 0.15) is 39.0 Å². The molecular formula is C23H22BrN3O4. The summed E-state index contributed by atoms with van der Waals surface area (Å²) in [5.41, 5.74) is 3.28. The largest absolute Gasteiger partial charge is 0.497 e. The zero-order chi connectivity index (χ0) is 22.0. The molecule has 0 unspecified atom stereocenters. The summed E-state index contributed by atoms with van der Waals surface area (Å²) in [5.74, 6) is 0.159. The molecule has 0 radical (unpaired) electrons. The number of nitrogens with zero attached hydrogens (tertiary/aromatic N) is 3. The number of methoxy groups -OCH3 is 1. The molecule has 3 aromatic rings. The first kappa shape index (κ1) is 21.1. The van der Waals surface area contributed by atoms with E-state index >= 15 is 0 Å². The van der Waals surface area contributed by atoms with Crippen LogP contribution >= 0.6 is 15.9 Å². The van der Waals surface area contributed by atoms with Gasteiger partial charge in [0.1, 0.15) is 5.75 Å². The zero-order valence-electron chi connectivity index (χ0n) is 17.3. The molecule has 1 aliphatic rings. The number of carbonyl (C=O) groups excluding carboxylic acids is 2. The van der Waals surface area contributed by atoms with Crippen molar-refractivity contribution >= 4 is 27.8 Å². The van der Waals surface area contributed by atoms with E-state index in [-0.39, 0.29) is 18.2 Å². The summed E-state index contributed by atoms with van der Waals surface area (Å²) < 4.78 is 13.0. The maximum atomic E-state index is 13.1. The Labute approximate surface area is 188 Å². The fourth-order valence-electron chi connectivity index (χ4n) is 3.70. The highest BCUT2D eigenvalue weighted by molar-refractivity contribution is 9.10. The zero-order valence-corrected chi connectivity index (χ0v) is 18.9. The number of benzene rings is 2. The van der Waals surface area contributed by atoms with E-state index in [0.717, 1.165) is 27.2 Å². The lowest BCUT2D eigenvalue weighted by molar-refractivity contribution is 0.0513. The monoisotopic (exact) mass is 483 g/mol. The van der Waals surface area contributed by atoms with Crippen molar-refractivity contribution in [2.45, 2.75) is 19.9 Å². The second kappa shape index (κ2) is 8.93. The van der Waals surface area contributed by atoms with Crippen LogP contribution in [0.5, 0.6) is 5.75 Å². The molecule has 1 aromatic heterocycles. The van der Waals surface area contributed by atoms with Gasteiger partial charge in [-0.15, -0.1) is 0 Å². The van der Waals surface area contributed by atoms with Gasteiger partial charge in [0, 0.05) is 23.0 Å². The van der Waals surface area contributed by atoms with Crippen molar-refractivity contribution in [3.8, 4) is 11.4 Å². The second-order valence-electron chi connectivity index (χ2n) is 7.06. The van der Waals surface area contributed by atoms with Gasteiger partial charge in [-0.1, -0.05) is 12.1 Å². The van der Waals surface area contributed by atoms with E-state index in [0.29, 0.717) is 25.1 Å². The molecule has 7 nitrogen and oxygen atoms in total. The van der Waals surface area contributed by atoms with Crippen LogP contribution in [0.2, 0.25) is 0 Å². The number of carbonyl (C=O) groups is 2. The topological polar surface area (TPSA) is 73.7 Å². The first-order chi connectivity index (χ1) is 15.0. The van der Waals surface area contributed by atoms with Crippen LogP contribution in [0.15, 0.2) is 53.0 Å². The fourth-order valence-corrected chi connectivity index (χ4v) is 4.15. The number of amides is 1. The van der Waals surface area contributed by atoms with E-state index in [4.69, 9.17) is 9.47 Å². The van der Waals surface area contributed by atoms with Crippen LogP contribution in [0.25, 0.3) is 5.69 Å². The molecule has 0 N–H and O–H groups in total. The van der Waals surface area contributed by atoms with Crippen molar-refractivity contribution in [1.29, 1.82) is 0 Å². The Bertz CT molecular complexity index is 1120. The summed E-state index contributed by atoms with van der Waals surface area (Å²) >= 11 is 3.45. The predicted octanol–water partition coefficient (Wildman–Crippen LogP) is 4.02.